The standard InChI is InChI=1S/C67H124O6/c1-4-7-10-13-16-19-22-25-26-27-28-29-30-31-32-33-34-35-36-37-38-39-40-43-45-48-51-54-57-60-66(69)72-63-64(73-67(70)61-58-55-52-49-46-42-24-21-18-15-12-9-6-3)62-71-65(68)59-56-53-50-47-44-41-23-20-17-14-11-8-5-2/h22,25,27-28,30-31,64H,4-21,23-24,26,29,32-63H2,1-3H3/b25-22-,28-27-,31-30-. The molecule has 1 atom stereocenters. The number of carbonyl (C=O) groups is 3. The molecule has 73 heavy (non-hydrogen) atoms. The summed E-state index contributed by atoms with van der Waals surface area (Å²) in [7, 11) is 0. The van der Waals surface area contributed by atoms with Gasteiger partial charge in [-0.05, 0) is 57.8 Å². The lowest BCUT2D eigenvalue weighted by Crippen LogP contribution is -2.30. The number of esters is 3. The fourth-order valence-electron chi connectivity index (χ4n) is 9.75. The summed E-state index contributed by atoms with van der Waals surface area (Å²) in [6, 6.07) is 0. The van der Waals surface area contributed by atoms with Crippen LogP contribution in [-0.4, -0.2) is 37.2 Å². The highest BCUT2D eigenvalue weighted by molar-refractivity contribution is 5.71. The summed E-state index contributed by atoms with van der Waals surface area (Å²) in [5.74, 6) is -0.843. The van der Waals surface area contributed by atoms with Gasteiger partial charge in [0.15, 0.2) is 6.10 Å². The highest BCUT2D eigenvalue weighted by Crippen LogP contribution is 2.18. The molecule has 0 saturated carbocycles. The maximum absolute atomic E-state index is 12.9. The molecule has 0 aromatic rings. The van der Waals surface area contributed by atoms with Crippen LogP contribution in [0, 0.1) is 0 Å². The van der Waals surface area contributed by atoms with Gasteiger partial charge in [0, 0.05) is 19.3 Å². The zero-order valence-electron chi connectivity index (χ0n) is 49.2. The van der Waals surface area contributed by atoms with Crippen LogP contribution in [0.15, 0.2) is 36.5 Å². The Morgan fingerprint density at radius 2 is 0.493 bits per heavy atom. The highest BCUT2D eigenvalue weighted by atomic mass is 16.6. The van der Waals surface area contributed by atoms with E-state index in [1.807, 2.05) is 0 Å². The molecule has 0 saturated heterocycles. The lowest BCUT2D eigenvalue weighted by molar-refractivity contribution is -0.167. The molecule has 0 bridgehead atoms. The second-order valence-electron chi connectivity index (χ2n) is 22.0. The zero-order chi connectivity index (χ0) is 52.9. The molecule has 1 unspecified atom stereocenters. The second kappa shape index (κ2) is 62.2. The van der Waals surface area contributed by atoms with Crippen LogP contribution < -0.4 is 0 Å². The Bertz CT molecular complexity index is 1220. The number of ether oxygens (including phenoxy) is 3. The van der Waals surface area contributed by atoms with Crippen LogP contribution in [0.2, 0.25) is 0 Å². The van der Waals surface area contributed by atoms with Gasteiger partial charge >= 0.3 is 17.9 Å². The Kier molecular flexibility index (Phi) is 60.2. The van der Waals surface area contributed by atoms with Gasteiger partial charge in [-0.1, -0.05) is 314 Å². The van der Waals surface area contributed by atoms with Crippen molar-refractivity contribution in [1.82, 2.24) is 0 Å². The van der Waals surface area contributed by atoms with E-state index in [4.69, 9.17) is 14.2 Å². The third kappa shape index (κ3) is 60.4. The van der Waals surface area contributed by atoms with Crippen molar-refractivity contribution in [2.45, 2.75) is 361 Å². The van der Waals surface area contributed by atoms with Crippen molar-refractivity contribution in [3.05, 3.63) is 36.5 Å². The first-order valence-corrected chi connectivity index (χ1v) is 32.5. The van der Waals surface area contributed by atoms with Crippen LogP contribution in [-0.2, 0) is 28.6 Å². The van der Waals surface area contributed by atoms with Gasteiger partial charge in [-0.3, -0.25) is 14.4 Å². The van der Waals surface area contributed by atoms with Crippen molar-refractivity contribution in [3.8, 4) is 0 Å². The summed E-state index contributed by atoms with van der Waals surface area (Å²) >= 11 is 0. The fourth-order valence-corrected chi connectivity index (χ4v) is 9.75. The van der Waals surface area contributed by atoms with Gasteiger partial charge in [-0.2, -0.15) is 0 Å². The van der Waals surface area contributed by atoms with E-state index in [2.05, 4.69) is 57.2 Å². The molecule has 0 aliphatic heterocycles. The first-order valence-electron chi connectivity index (χ1n) is 32.5. The molecule has 6 nitrogen and oxygen atoms in total. The molecule has 0 aliphatic carbocycles. The minimum Gasteiger partial charge on any atom is -0.462 e. The average Bonchev–Trinajstić information content (AvgIpc) is 3.39. The van der Waals surface area contributed by atoms with Crippen molar-refractivity contribution < 1.29 is 28.6 Å². The van der Waals surface area contributed by atoms with Gasteiger partial charge in [-0.25, -0.2) is 0 Å². The van der Waals surface area contributed by atoms with Crippen molar-refractivity contribution in [3.63, 3.8) is 0 Å². The SMILES string of the molecule is CCCCCCC/C=C\C/C=C\C/C=C\CCCCCCCCCCCCCCCCC(=O)OCC(COC(=O)CCCCCCCCCCCCCCC)OC(=O)CCCCCCCCCCCCCCC. The lowest BCUT2D eigenvalue weighted by atomic mass is 10.0. The number of hydrogen-bond acceptors (Lipinski definition) is 6. The molecular weight excluding hydrogens is 901 g/mol. The van der Waals surface area contributed by atoms with Crippen LogP contribution in [0.5, 0.6) is 0 Å². The topological polar surface area (TPSA) is 78.9 Å². The van der Waals surface area contributed by atoms with Gasteiger partial charge in [0.05, 0.1) is 0 Å². The molecular formula is C67H124O6. The van der Waals surface area contributed by atoms with Crippen LogP contribution in [0.1, 0.15) is 355 Å². The van der Waals surface area contributed by atoms with Crippen molar-refractivity contribution in [1.29, 1.82) is 0 Å². The Morgan fingerprint density at radius 3 is 0.767 bits per heavy atom. The van der Waals surface area contributed by atoms with Gasteiger partial charge in [0.25, 0.3) is 0 Å². The number of unbranched alkanes of at least 4 members (excludes halogenated alkanes) is 43. The third-order valence-corrected chi connectivity index (χ3v) is 14.6. The van der Waals surface area contributed by atoms with E-state index in [1.165, 1.54) is 244 Å². The molecule has 0 fully saturated rings. The quantitative estimate of drug-likeness (QED) is 0.0261. The van der Waals surface area contributed by atoms with E-state index in [-0.39, 0.29) is 31.1 Å². The Hall–Kier alpha value is -2.37. The molecule has 6 heteroatoms. The summed E-state index contributed by atoms with van der Waals surface area (Å²) in [5, 5.41) is 0. The normalized spacial score (nSPS) is 12.2. The van der Waals surface area contributed by atoms with E-state index >= 15 is 0 Å². The van der Waals surface area contributed by atoms with Crippen LogP contribution in [0.4, 0.5) is 0 Å². The first kappa shape index (κ1) is 70.6. The second-order valence-corrected chi connectivity index (χ2v) is 22.0. The van der Waals surface area contributed by atoms with E-state index in [0.717, 1.165) is 70.6 Å². The third-order valence-electron chi connectivity index (χ3n) is 14.6. The average molecular weight is 1030 g/mol. The monoisotopic (exact) mass is 1020 g/mol. The molecule has 0 spiro atoms. The summed E-state index contributed by atoms with van der Waals surface area (Å²) in [6.45, 7) is 6.68. The molecule has 0 aliphatic rings. The van der Waals surface area contributed by atoms with Gasteiger partial charge in [0.2, 0.25) is 0 Å². The minimum absolute atomic E-state index is 0.0657. The molecule has 0 N–H and O–H groups in total. The molecule has 0 heterocycles. The summed E-state index contributed by atoms with van der Waals surface area (Å²) in [4.78, 5) is 38.2. The van der Waals surface area contributed by atoms with E-state index in [0.29, 0.717) is 19.3 Å². The Morgan fingerprint density at radius 1 is 0.274 bits per heavy atom. The molecule has 0 rings (SSSR count). The van der Waals surface area contributed by atoms with Gasteiger partial charge in [-0.15, -0.1) is 0 Å². The molecule has 428 valence electrons. The summed E-state index contributed by atoms with van der Waals surface area (Å²) in [5.41, 5.74) is 0. The van der Waals surface area contributed by atoms with Crippen LogP contribution in [0.25, 0.3) is 0 Å². The minimum atomic E-state index is -0.767. The Balaban J connectivity index is 4.15. The first-order chi connectivity index (χ1) is 36.0. The molecule has 0 aromatic heterocycles. The Labute approximate surface area is 455 Å². The maximum Gasteiger partial charge on any atom is 0.306 e. The lowest BCUT2D eigenvalue weighted by Gasteiger charge is -2.18. The smallest absolute Gasteiger partial charge is 0.306 e. The number of carbonyl (C=O) groups excluding carboxylic acids is 3. The number of rotatable bonds is 60. The number of hydrogen-bond donors (Lipinski definition) is 0. The fraction of sp³-hybridized carbons (Fsp3) is 0.866. The number of allylic oxidation sites excluding steroid dienone is 6. The highest BCUT2D eigenvalue weighted by Gasteiger charge is 2.19. The van der Waals surface area contributed by atoms with E-state index in [9.17, 15) is 14.4 Å². The molecule has 0 amide bonds. The van der Waals surface area contributed by atoms with E-state index < -0.39 is 6.10 Å². The van der Waals surface area contributed by atoms with Gasteiger partial charge in [0.1, 0.15) is 13.2 Å². The predicted molar refractivity (Wildman–Crippen MR) is 316 cm³/mol. The maximum atomic E-state index is 12.9. The van der Waals surface area contributed by atoms with Crippen molar-refractivity contribution in [2.24, 2.45) is 0 Å². The largest absolute Gasteiger partial charge is 0.462 e. The van der Waals surface area contributed by atoms with Gasteiger partial charge < -0.3 is 14.2 Å². The van der Waals surface area contributed by atoms with Crippen molar-refractivity contribution >= 4 is 17.9 Å². The molecule has 0 aromatic carbocycles. The predicted octanol–water partition coefficient (Wildman–Crippen LogP) is 22.0. The summed E-state index contributed by atoms with van der Waals surface area (Å²) < 4.78 is 16.9. The van der Waals surface area contributed by atoms with Crippen molar-refractivity contribution in [2.75, 3.05) is 13.2 Å². The van der Waals surface area contributed by atoms with Crippen LogP contribution in [0.3, 0.4) is 0 Å². The summed E-state index contributed by atoms with van der Waals surface area (Å²) in [6.07, 6.45) is 75.9. The zero-order valence-corrected chi connectivity index (χ0v) is 49.2. The van der Waals surface area contributed by atoms with Crippen LogP contribution >= 0.6 is 0 Å². The molecule has 0 radical (unpaired) electrons. The van der Waals surface area contributed by atoms with E-state index in [1.54, 1.807) is 0 Å².